The molecule has 0 aliphatic carbocycles. The van der Waals surface area contributed by atoms with E-state index in [0.717, 1.165) is 5.69 Å². The topological polar surface area (TPSA) is 79.0 Å². The van der Waals surface area contributed by atoms with Gasteiger partial charge in [-0.15, -0.1) is 0 Å². The Balaban J connectivity index is 2.26. The molecule has 0 amide bonds. The number of nitrogen functional groups attached to an aromatic ring is 1. The number of aliphatic hydroxyl groups excluding tert-OH is 2. The maximum Gasteiger partial charge on any atom is 0.121 e. The van der Waals surface area contributed by atoms with Crippen LogP contribution in [0.2, 0.25) is 0 Å². The first-order chi connectivity index (χ1) is 7.61. The van der Waals surface area contributed by atoms with Crippen LogP contribution in [0.1, 0.15) is 0 Å². The van der Waals surface area contributed by atoms with E-state index in [1.807, 2.05) is 4.90 Å². The van der Waals surface area contributed by atoms with Gasteiger partial charge in [-0.2, -0.15) is 0 Å². The van der Waals surface area contributed by atoms with Crippen LogP contribution in [0.15, 0.2) is 18.2 Å². The average Bonchev–Trinajstić information content (AvgIpc) is 2.60. The summed E-state index contributed by atoms with van der Waals surface area (Å²) >= 11 is 0. The van der Waals surface area contributed by atoms with Crippen LogP contribution < -0.4 is 15.4 Å². The largest absolute Gasteiger partial charge is 0.497 e. The number of hydrogen-bond donors (Lipinski definition) is 3. The minimum absolute atomic E-state index is 0.387. The number of methoxy groups -OCH3 is 1. The van der Waals surface area contributed by atoms with E-state index in [4.69, 9.17) is 10.5 Å². The Morgan fingerprint density at radius 1 is 1.31 bits per heavy atom. The first-order valence-electron chi connectivity index (χ1n) is 5.16. The highest BCUT2D eigenvalue weighted by molar-refractivity contribution is 5.70. The molecule has 1 fully saturated rings. The molecule has 0 bridgehead atoms. The molecular weight excluding hydrogens is 208 g/mol. The van der Waals surface area contributed by atoms with Crippen LogP contribution >= 0.6 is 0 Å². The number of ether oxygens (including phenoxy) is 1. The van der Waals surface area contributed by atoms with Crippen molar-refractivity contribution in [2.24, 2.45) is 0 Å². The van der Waals surface area contributed by atoms with Gasteiger partial charge < -0.3 is 25.6 Å². The predicted molar refractivity (Wildman–Crippen MR) is 61.6 cm³/mol. The first kappa shape index (κ1) is 11.0. The third kappa shape index (κ3) is 1.91. The Morgan fingerprint density at radius 3 is 2.50 bits per heavy atom. The van der Waals surface area contributed by atoms with E-state index >= 15 is 0 Å². The van der Waals surface area contributed by atoms with Crippen LogP contribution in [0.25, 0.3) is 0 Å². The highest BCUT2D eigenvalue weighted by Gasteiger charge is 2.30. The maximum absolute atomic E-state index is 9.48. The van der Waals surface area contributed by atoms with Crippen molar-refractivity contribution in [1.82, 2.24) is 0 Å². The Kier molecular flexibility index (Phi) is 2.89. The molecule has 0 saturated carbocycles. The standard InChI is InChI=1S/C11H16N2O3/c1-16-7-2-3-8(12)9(4-7)13-5-10(14)11(15)6-13/h2-4,10-11,14-15H,5-6,12H2,1H3. The quantitative estimate of drug-likeness (QED) is 0.607. The molecule has 0 radical (unpaired) electrons. The fraction of sp³-hybridized carbons (Fsp3) is 0.455. The fourth-order valence-corrected chi connectivity index (χ4v) is 1.89. The van der Waals surface area contributed by atoms with Crippen molar-refractivity contribution in [1.29, 1.82) is 0 Å². The number of anilines is 2. The summed E-state index contributed by atoms with van der Waals surface area (Å²) in [5, 5.41) is 19.0. The highest BCUT2D eigenvalue weighted by atomic mass is 16.5. The van der Waals surface area contributed by atoms with Gasteiger partial charge in [0.2, 0.25) is 0 Å². The summed E-state index contributed by atoms with van der Waals surface area (Å²) in [7, 11) is 1.59. The Hall–Kier alpha value is -1.46. The van der Waals surface area contributed by atoms with E-state index in [1.165, 1.54) is 0 Å². The molecule has 88 valence electrons. The number of nitrogens with two attached hydrogens (primary N) is 1. The number of β-amino-alcohol motifs (C(OH)–C–C–N with tert-alkyl or cyclic N) is 2. The van der Waals surface area contributed by atoms with Crippen LogP contribution in [-0.4, -0.2) is 42.6 Å². The summed E-state index contributed by atoms with van der Waals surface area (Å²) < 4.78 is 5.12. The second-order valence-electron chi connectivity index (χ2n) is 3.96. The van der Waals surface area contributed by atoms with Gasteiger partial charge in [0.15, 0.2) is 0 Å². The van der Waals surface area contributed by atoms with Crippen LogP contribution in [0.5, 0.6) is 5.75 Å². The first-order valence-corrected chi connectivity index (χ1v) is 5.16. The van der Waals surface area contributed by atoms with E-state index in [-0.39, 0.29) is 0 Å². The third-order valence-electron chi connectivity index (χ3n) is 2.84. The zero-order chi connectivity index (χ0) is 11.7. The summed E-state index contributed by atoms with van der Waals surface area (Å²) in [6.45, 7) is 0.775. The molecule has 1 heterocycles. The Morgan fingerprint density at radius 2 is 1.94 bits per heavy atom. The number of hydrogen-bond acceptors (Lipinski definition) is 5. The molecule has 4 N–H and O–H groups in total. The van der Waals surface area contributed by atoms with Crippen molar-refractivity contribution in [3.8, 4) is 5.75 Å². The van der Waals surface area contributed by atoms with Crippen molar-refractivity contribution in [3.63, 3.8) is 0 Å². The molecule has 1 aromatic carbocycles. The predicted octanol–water partition coefficient (Wildman–Crippen LogP) is -0.181. The van der Waals surface area contributed by atoms with Gasteiger partial charge in [-0.3, -0.25) is 0 Å². The Bertz CT molecular complexity index is 373. The molecule has 2 atom stereocenters. The number of aliphatic hydroxyl groups is 2. The molecule has 16 heavy (non-hydrogen) atoms. The molecule has 2 rings (SSSR count). The lowest BCUT2D eigenvalue weighted by Gasteiger charge is -2.20. The van der Waals surface area contributed by atoms with Gasteiger partial charge in [0.1, 0.15) is 5.75 Å². The maximum atomic E-state index is 9.48. The normalized spacial score (nSPS) is 24.8. The second kappa shape index (κ2) is 4.19. The summed E-state index contributed by atoms with van der Waals surface area (Å²) in [6, 6.07) is 5.34. The molecule has 2 unspecified atom stereocenters. The van der Waals surface area contributed by atoms with Gasteiger partial charge in [-0.25, -0.2) is 0 Å². The van der Waals surface area contributed by atoms with E-state index in [9.17, 15) is 10.2 Å². The summed E-state index contributed by atoms with van der Waals surface area (Å²) in [6.07, 6.45) is -1.43. The van der Waals surface area contributed by atoms with E-state index in [0.29, 0.717) is 24.5 Å². The summed E-state index contributed by atoms with van der Waals surface area (Å²) in [4.78, 5) is 1.85. The molecule has 1 aromatic rings. The monoisotopic (exact) mass is 224 g/mol. The van der Waals surface area contributed by atoms with Crippen LogP contribution in [0.3, 0.4) is 0 Å². The molecule has 1 aliphatic rings. The van der Waals surface area contributed by atoms with Crippen LogP contribution in [-0.2, 0) is 0 Å². The molecule has 5 heteroatoms. The fourth-order valence-electron chi connectivity index (χ4n) is 1.89. The Labute approximate surface area is 94.1 Å². The lowest BCUT2D eigenvalue weighted by molar-refractivity contribution is 0.0572. The SMILES string of the molecule is COc1ccc(N)c(N2CC(O)C(O)C2)c1. The van der Waals surface area contributed by atoms with Crippen LogP contribution in [0, 0.1) is 0 Å². The smallest absolute Gasteiger partial charge is 0.121 e. The van der Waals surface area contributed by atoms with Crippen molar-refractivity contribution in [3.05, 3.63) is 18.2 Å². The summed E-state index contributed by atoms with van der Waals surface area (Å²) in [5.41, 5.74) is 7.25. The molecular formula is C11H16N2O3. The highest BCUT2D eigenvalue weighted by Crippen LogP contribution is 2.30. The number of nitrogens with zero attached hydrogens (tertiary/aromatic N) is 1. The minimum Gasteiger partial charge on any atom is -0.497 e. The van der Waals surface area contributed by atoms with Gasteiger partial charge in [0, 0.05) is 19.2 Å². The second-order valence-corrected chi connectivity index (χ2v) is 3.96. The van der Waals surface area contributed by atoms with Gasteiger partial charge in [0.25, 0.3) is 0 Å². The van der Waals surface area contributed by atoms with E-state index in [2.05, 4.69) is 0 Å². The molecule has 0 aromatic heterocycles. The van der Waals surface area contributed by atoms with Gasteiger partial charge in [-0.05, 0) is 12.1 Å². The van der Waals surface area contributed by atoms with Crippen molar-refractivity contribution in [2.45, 2.75) is 12.2 Å². The number of benzene rings is 1. The molecule has 1 saturated heterocycles. The van der Waals surface area contributed by atoms with Crippen molar-refractivity contribution >= 4 is 11.4 Å². The third-order valence-corrected chi connectivity index (χ3v) is 2.84. The van der Waals surface area contributed by atoms with Crippen LogP contribution in [0.4, 0.5) is 11.4 Å². The molecule has 5 nitrogen and oxygen atoms in total. The number of rotatable bonds is 2. The van der Waals surface area contributed by atoms with Crippen molar-refractivity contribution < 1.29 is 14.9 Å². The summed E-state index contributed by atoms with van der Waals surface area (Å²) in [5.74, 6) is 0.708. The minimum atomic E-state index is -0.717. The molecule has 1 aliphatic heterocycles. The van der Waals surface area contributed by atoms with E-state index in [1.54, 1.807) is 25.3 Å². The zero-order valence-electron chi connectivity index (χ0n) is 9.13. The average molecular weight is 224 g/mol. The zero-order valence-corrected chi connectivity index (χ0v) is 9.13. The lowest BCUT2D eigenvalue weighted by atomic mass is 10.2. The van der Waals surface area contributed by atoms with Crippen molar-refractivity contribution in [2.75, 3.05) is 30.8 Å². The lowest BCUT2D eigenvalue weighted by Crippen LogP contribution is -2.22. The van der Waals surface area contributed by atoms with Gasteiger partial charge in [-0.1, -0.05) is 0 Å². The van der Waals surface area contributed by atoms with E-state index < -0.39 is 12.2 Å². The van der Waals surface area contributed by atoms with Gasteiger partial charge in [0.05, 0.1) is 30.7 Å². The molecule has 0 spiro atoms. The van der Waals surface area contributed by atoms with Gasteiger partial charge >= 0.3 is 0 Å².